The van der Waals surface area contributed by atoms with Gasteiger partial charge in [-0.3, -0.25) is 9.48 Å². The Morgan fingerprint density at radius 1 is 1.28 bits per heavy atom. The van der Waals surface area contributed by atoms with Gasteiger partial charge >= 0.3 is 0 Å². The van der Waals surface area contributed by atoms with E-state index in [-0.39, 0.29) is 16.8 Å². The molecule has 3 aromatic heterocycles. The van der Waals surface area contributed by atoms with Crippen LogP contribution in [-0.2, 0) is 12.1 Å². The largest absolute Gasteiger partial charge is 0.386 e. The van der Waals surface area contributed by atoms with Gasteiger partial charge < -0.3 is 10.4 Å². The third-order valence-electron chi connectivity index (χ3n) is 4.85. The van der Waals surface area contributed by atoms with Crippen molar-refractivity contribution in [3.8, 4) is 6.07 Å². The Balaban J connectivity index is 0.00000141. The molecule has 1 aromatic carbocycles. The summed E-state index contributed by atoms with van der Waals surface area (Å²) in [5.41, 5.74) is 0.496. The van der Waals surface area contributed by atoms with Crippen molar-refractivity contribution < 1.29 is 14.3 Å². The van der Waals surface area contributed by atoms with Crippen LogP contribution in [0.5, 0.6) is 0 Å². The molecule has 0 unspecified atom stereocenters. The van der Waals surface area contributed by atoms with Crippen molar-refractivity contribution >= 4 is 28.0 Å². The lowest BCUT2D eigenvalue weighted by atomic mass is 9.95. The number of nitriles is 1. The molecule has 0 fully saturated rings. The number of benzene rings is 1. The highest BCUT2D eigenvalue weighted by Crippen LogP contribution is 2.32. The van der Waals surface area contributed by atoms with Gasteiger partial charge in [0.2, 0.25) is 0 Å². The molecule has 0 aliphatic rings. The zero-order valence-corrected chi connectivity index (χ0v) is 18.6. The lowest BCUT2D eigenvalue weighted by molar-refractivity contribution is 0.0793. The van der Waals surface area contributed by atoms with Crippen molar-refractivity contribution in [1.29, 1.82) is 5.26 Å². The highest BCUT2D eigenvalue weighted by molar-refractivity contribution is 6.05. The molecule has 0 spiro atoms. The first-order valence-electron chi connectivity index (χ1n) is 10.3. The maximum atomic E-state index is 14.3. The van der Waals surface area contributed by atoms with Gasteiger partial charge in [-0.15, -0.1) is 0 Å². The van der Waals surface area contributed by atoms with Gasteiger partial charge in [0.05, 0.1) is 22.9 Å². The number of carbonyl (C=O) groups excluding carboxylic acids is 1. The van der Waals surface area contributed by atoms with E-state index in [2.05, 4.69) is 15.5 Å². The second-order valence-corrected chi connectivity index (χ2v) is 7.49. The summed E-state index contributed by atoms with van der Waals surface area (Å²) >= 11 is 0. The fourth-order valence-corrected chi connectivity index (χ4v) is 3.35. The summed E-state index contributed by atoms with van der Waals surface area (Å²) in [6.07, 6.45) is 3.10. The van der Waals surface area contributed by atoms with Crippen molar-refractivity contribution in [2.24, 2.45) is 0 Å². The number of aromatic nitrogens is 4. The van der Waals surface area contributed by atoms with E-state index in [9.17, 15) is 14.3 Å². The number of rotatable bonds is 4. The number of aliphatic hydroxyl groups is 1. The van der Waals surface area contributed by atoms with E-state index in [0.717, 1.165) is 16.0 Å². The summed E-state index contributed by atoms with van der Waals surface area (Å²) in [7, 11) is 0. The van der Waals surface area contributed by atoms with Crippen LogP contribution in [0, 0.1) is 17.1 Å². The Morgan fingerprint density at radius 2 is 2.00 bits per heavy atom. The molecule has 8 nitrogen and oxygen atoms in total. The van der Waals surface area contributed by atoms with Crippen molar-refractivity contribution in [3.63, 3.8) is 0 Å². The topological polar surface area (TPSA) is 108 Å². The number of carbonyl (C=O) groups is 1. The quantitative estimate of drug-likeness (QED) is 0.498. The van der Waals surface area contributed by atoms with Gasteiger partial charge in [-0.1, -0.05) is 13.8 Å². The summed E-state index contributed by atoms with van der Waals surface area (Å²) < 4.78 is 17.2. The fourth-order valence-electron chi connectivity index (χ4n) is 3.35. The normalized spacial score (nSPS) is 11.2. The number of amides is 1. The van der Waals surface area contributed by atoms with Crippen LogP contribution in [0.2, 0.25) is 0 Å². The molecule has 0 radical (unpaired) electrons. The molecule has 0 bridgehead atoms. The van der Waals surface area contributed by atoms with E-state index in [4.69, 9.17) is 5.26 Å². The predicted octanol–water partition coefficient (Wildman–Crippen LogP) is 4.22. The van der Waals surface area contributed by atoms with E-state index in [1.54, 1.807) is 30.7 Å². The highest BCUT2D eigenvalue weighted by Gasteiger charge is 2.24. The minimum absolute atomic E-state index is 0.0292. The van der Waals surface area contributed by atoms with Gasteiger partial charge in [-0.25, -0.2) is 8.91 Å². The minimum atomic E-state index is -1.25. The summed E-state index contributed by atoms with van der Waals surface area (Å²) in [4.78, 5) is 13.0. The van der Waals surface area contributed by atoms with Gasteiger partial charge in [0.1, 0.15) is 17.3 Å². The second kappa shape index (κ2) is 8.77. The molecule has 166 valence electrons. The molecule has 4 aromatic rings. The standard InChI is InChI=1S/C21H19FN6O2.C2H6/c1-4-27-11-13-6-17(14(21(2,3)30)7-16(13)26-27)25-20(29)19-8-15(22)18-5-12(9-23)10-24-28(18)19;1-2/h5-8,10-11,30H,4H2,1-3H3,(H,25,29);1-2H3. The first-order chi connectivity index (χ1) is 15.2. The summed E-state index contributed by atoms with van der Waals surface area (Å²) in [5.74, 6) is -1.26. The molecule has 3 heterocycles. The van der Waals surface area contributed by atoms with Crippen LogP contribution >= 0.6 is 0 Å². The Morgan fingerprint density at radius 3 is 2.62 bits per heavy atom. The molecule has 4 rings (SSSR count). The van der Waals surface area contributed by atoms with Crippen LogP contribution in [0.3, 0.4) is 0 Å². The van der Waals surface area contributed by atoms with E-state index in [1.165, 1.54) is 12.3 Å². The van der Waals surface area contributed by atoms with Crippen molar-refractivity contribution in [2.75, 3.05) is 5.32 Å². The van der Waals surface area contributed by atoms with Gasteiger partial charge in [0, 0.05) is 35.4 Å². The second-order valence-electron chi connectivity index (χ2n) is 7.49. The molecular weight excluding hydrogens is 411 g/mol. The zero-order chi connectivity index (χ0) is 23.6. The summed E-state index contributed by atoms with van der Waals surface area (Å²) in [6, 6.07) is 7.74. The molecular formula is C23H25FN6O2. The maximum Gasteiger partial charge on any atom is 0.274 e. The predicted molar refractivity (Wildman–Crippen MR) is 120 cm³/mol. The van der Waals surface area contributed by atoms with Crippen molar-refractivity contribution in [1.82, 2.24) is 19.4 Å². The molecule has 9 heteroatoms. The lowest BCUT2D eigenvalue weighted by Crippen LogP contribution is -2.22. The van der Waals surface area contributed by atoms with Crippen LogP contribution < -0.4 is 5.32 Å². The molecule has 0 aliphatic heterocycles. The smallest absolute Gasteiger partial charge is 0.274 e. The third kappa shape index (κ3) is 4.18. The number of hydrogen-bond donors (Lipinski definition) is 2. The molecule has 0 aliphatic carbocycles. The molecule has 1 amide bonds. The number of aryl methyl sites for hydroxylation is 1. The lowest BCUT2D eigenvalue weighted by Gasteiger charge is -2.22. The van der Waals surface area contributed by atoms with Crippen molar-refractivity contribution in [3.05, 3.63) is 59.3 Å². The average Bonchev–Trinajstić information content (AvgIpc) is 3.33. The fraction of sp³-hybridized carbons (Fsp3) is 0.304. The Kier molecular flexibility index (Phi) is 6.27. The number of anilines is 1. The molecule has 0 saturated heterocycles. The number of halogens is 1. The number of nitrogens with one attached hydrogen (secondary N) is 1. The van der Waals surface area contributed by atoms with Gasteiger partial charge in [-0.05, 0) is 39.0 Å². The minimum Gasteiger partial charge on any atom is -0.386 e. The molecule has 2 N–H and O–H groups in total. The van der Waals surface area contributed by atoms with Crippen LogP contribution in [0.25, 0.3) is 16.4 Å². The summed E-state index contributed by atoms with van der Waals surface area (Å²) in [6.45, 7) is 9.86. The number of fused-ring (bicyclic) bond motifs is 2. The van der Waals surface area contributed by atoms with E-state index in [0.29, 0.717) is 23.3 Å². The van der Waals surface area contributed by atoms with Gasteiger partial charge in [-0.2, -0.15) is 15.5 Å². The SMILES string of the molecule is CC.CCn1cc2cc(NC(=O)c3cc(F)c4cc(C#N)cnn34)c(C(C)(C)O)cc2n1. The maximum absolute atomic E-state index is 14.3. The van der Waals surface area contributed by atoms with E-state index in [1.807, 2.05) is 33.0 Å². The van der Waals surface area contributed by atoms with E-state index >= 15 is 0 Å². The first-order valence-corrected chi connectivity index (χ1v) is 10.3. The first kappa shape index (κ1) is 22.9. The van der Waals surface area contributed by atoms with Gasteiger partial charge in [0.15, 0.2) is 5.82 Å². The third-order valence-corrected chi connectivity index (χ3v) is 4.85. The van der Waals surface area contributed by atoms with Crippen LogP contribution in [0.4, 0.5) is 10.1 Å². The number of nitrogens with zero attached hydrogens (tertiary/aromatic N) is 5. The Bertz CT molecular complexity index is 1340. The Labute approximate surface area is 184 Å². The zero-order valence-electron chi connectivity index (χ0n) is 18.6. The van der Waals surface area contributed by atoms with Crippen LogP contribution in [-0.4, -0.2) is 30.4 Å². The average molecular weight is 436 g/mol. The number of hydrogen-bond acceptors (Lipinski definition) is 5. The molecule has 32 heavy (non-hydrogen) atoms. The highest BCUT2D eigenvalue weighted by atomic mass is 19.1. The van der Waals surface area contributed by atoms with Crippen molar-refractivity contribution in [2.45, 2.75) is 46.8 Å². The molecule has 0 saturated carbocycles. The van der Waals surface area contributed by atoms with Crippen LogP contribution in [0.15, 0.2) is 36.7 Å². The summed E-state index contributed by atoms with van der Waals surface area (Å²) in [5, 5.41) is 31.6. The van der Waals surface area contributed by atoms with E-state index < -0.39 is 17.3 Å². The Hall–Kier alpha value is -3.77. The van der Waals surface area contributed by atoms with Gasteiger partial charge in [0.25, 0.3) is 5.91 Å². The van der Waals surface area contributed by atoms with Crippen LogP contribution in [0.1, 0.15) is 56.2 Å². The monoisotopic (exact) mass is 436 g/mol. The molecule has 0 atom stereocenters.